The van der Waals surface area contributed by atoms with Crippen molar-refractivity contribution < 1.29 is 28.2 Å². The summed E-state index contributed by atoms with van der Waals surface area (Å²) in [5.74, 6) is -1.35. The van der Waals surface area contributed by atoms with Gasteiger partial charge in [-0.25, -0.2) is 14.0 Å². The molecule has 2 aromatic carbocycles. The van der Waals surface area contributed by atoms with Crippen LogP contribution in [0.15, 0.2) is 60.7 Å². The van der Waals surface area contributed by atoms with Gasteiger partial charge in [0.25, 0.3) is 0 Å². The molecular weight excluding hydrogens is 375 g/mol. The van der Waals surface area contributed by atoms with Crippen molar-refractivity contribution in [3.05, 3.63) is 72.1 Å². The third-order valence-electron chi connectivity index (χ3n) is 3.89. The summed E-state index contributed by atoms with van der Waals surface area (Å²) in [7, 11) is 0. The molecule has 152 valence electrons. The lowest BCUT2D eigenvalue weighted by Crippen LogP contribution is -2.09. The predicted molar refractivity (Wildman–Crippen MR) is 108 cm³/mol. The van der Waals surface area contributed by atoms with Crippen molar-refractivity contribution in [3.63, 3.8) is 0 Å². The van der Waals surface area contributed by atoms with Crippen molar-refractivity contribution >= 4 is 11.9 Å². The maximum absolute atomic E-state index is 14.8. The minimum atomic E-state index is -0.627. The second-order valence-corrected chi connectivity index (χ2v) is 6.44. The summed E-state index contributed by atoms with van der Waals surface area (Å²) < 4.78 is 30.5. The van der Waals surface area contributed by atoms with E-state index in [0.29, 0.717) is 29.0 Å². The standard InChI is InChI=1S/C23H23FO5/c1-6-27-13-16-11-17(28-22(25)14(2)3)7-9-19(16)20-10-8-18(12-21(20)24)29-23(26)15(4)5/h7-12H,2,4,6,13H2,1,3,5H3. The second-order valence-electron chi connectivity index (χ2n) is 6.44. The fourth-order valence-corrected chi connectivity index (χ4v) is 2.39. The minimum Gasteiger partial charge on any atom is -0.423 e. The molecule has 0 heterocycles. The third-order valence-corrected chi connectivity index (χ3v) is 3.89. The summed E-state index contributed by atoms with van der Waals surface area (Å²) in [6.45, 7) is 12.6. The summed E-state index contributed by atoms with van der Waals surface area (Å²) >= 11 is 0. The molecule has 0 atom stereocenters. The van der Waals surface area contributed by atoms with Gasteiger partial charge < -0.3 is 14.2 Å². The molecule has 0 unspecified atom stereocenters. The maximum Gasteiger partial charge on any atom is 0.338 e. The number of rotatable bonds is 8. The maximum atomic E-state index is 14.8. The highest BCUT2D eigenvalue weighted by Crippen LogP contribution is 2.32. The first kappa shape index (κ1) is 22.0. The largest absolute Gasteiger partial charge is 0.423 e. The number of ether oxygens (including phenoxy) is 3. The molecule has 6 heteroatoms. The number of hydrogen-bond donors (Lipinski definition) is 0. The first-order chi connectivity index (χ1) is 13.7. The number of benzene rings is 2. The Morgan fingerprint density at radius 1 is 0.897 bits per heavy atom. The van der Waals surface area contributed by atoms with Crippen molar-refractivity contribution in [1.29, 1.82) is 0 Å². The quantitative estimate of drug-likeness (QED) is 0.356. The molecule has 0 aromatic heterocycles. The molecule has 0 N–H and O–H groups in total. The molecule has 5 nitrogen and oxygen atoms in total. The normalized spacial score (nSPS) is 10.3. The Hall–Kier alpha value is -3.25. The minimum absolute atomic E-state index is 0.0811. The van der Waals surface area contributed by atoms with E-state index in [1.165, 1.54) is 19.1 Å². The smallest absolute Gasteiger partial charge is 0.338 e. The molecule has 0 aliphatic heterocycles. The van der Waals surface area contributed by atoms with Gasteiger partial charge in [-0.2, -0.15) is 0 Å². The molecule has 0 saturated carbocycles. The number of carbonyl (C=O) groups is 2. The van der Waals surface area contributed by atoms with E-state index >= 15 is 0 Å². The van der Waals surface area contributed by atoms with Gasteiger partial charge in [-0.05, 0) is 56.2 Å². The van der Waals surface area contributed by atoms with E-state index in [9.17, 15) is 14.0 Å². The van der Waals surface area contributed by atoms with Gasteiger partial charge in [0.2, 0.25) is 0 Å². The molecule has 0 aliphatic rings. The van der Waals surface area contributed by atoms with Gasteiger partial charge in [0.15, 0.2) is 0 Å². The van der Waals surface area contributed by atoms with Gasteiger partial charge in [0.1, 0.15) is 17.3 Å². The summed E-state index contributed by atoms with van der Waals surface area (Å²) in [5, 5.41) is 0. The Morgan fingerprint density at radius 3 is 1.90 bits per heavy atom. The fourth-order valence-electron chi connectivity index (χ4n) is 2.39. The first-order valence-electron chi connectivity index (χ1n) is 8.98. The van der Waals surface area contributed by atoms with Crippen LogP contribution in [-0.4, -0.2) is 18.5 Å². The third kappa shape index (κ3) is 5.86. The van der Waals surface area contributed by atoms with Crippen LogP contribution in [0.3, 0.4) is 0 Å². The van der Waals surface area contributed by atoms with Crippen LogP contribution in [-0.2, 0) is 20.9 Å². The summed E-state index contributed by atoms with van der Waals surface area (Å²) in [6, 6.07) is 8.99. The SMILES string of the molecule is C=C(C)C(=O)Oc1ccc(-c2ccc(OC(=O)C(=C)C)cc2COCC)c(F)c1. The lowest BCUT2D eigenvalue weighted by atomic mass is 9.99. The van der Waals surface area contributed by atoms with Crippen molar-refractivity contribution in [2.75, 3.05) is 6.61 Å². The molecule has 0 aliphatic carbocycles. The van der Waals surface area contributed by atoms with Gasteiger partial charge in [-0.15, -0.1) is 0 Å². The summed E-state index contributed by atoms with van der Waals surface area (Å²) in [4.78, 5) is 23.4. The second kappa shape index (κ2) is 9.80. The van der Waals surface area contributed by atoms with Gasteiger partial charge in [0.05, 0.1) is 6.61 Å². The predicted octanol–water partition coefficient (Wildman–Crippen LogP) is 4.99. The molecule has 2 aromatic rings. The molecular formula is C23H23FO5. The van der Waals surface area contributed by atoms with Crippen LogP contribution < -0.4 is 9.47 Å². The highest BCUT2D eigenvalue weighted by Gasteiger charge is 2.15. The fraction of sp³-hybridized carbons (Fsp3) is 0.217. The lowest BCUT2D eigenvalue weighted by Gasteiger charge is -2.14. The Labute approximate surface area is 169 Å². The molecule has 0 amide bonds. The van der Waals surface area contributed by atoms with Crippen LogP contribution in [0.25, 0.3) is 11.1 Å². The summed E-state index contributed by atoms with van der Waals surface area (Å²) in [5.41, 5.74) is 2.00. The van der Waals surface area contributed by atoms with Crippen molar-refractivity contribution in [3.8, 4) is 22.6 Å². The van der Waals surface area contributed by atoms with Crippen molar-refractivity contribution in [1.82, 2.24) is 0 Å². The molecule has 0 saturated heterocycles. The van der Waals surface area contributed by atoms with Crippen LogP contribution >= 0.6 is 0 Å². The van der Waals surface area contributed by atoms with E-state index in [0.717, 1.165) is 6.07 Å². The van der Waals surface area contributed by atoms with E-state index < -0.39 is 17.8 Å². The topological polar surface area (TPSA) is 61.8 Å². The highest BCUT2D eigenvalue weighted by atomic mass is 19.1. The van der Waals surface area contributed by atoms with E-state index in [2.05, 4.69) is 13.2 Å². The van der Waals surface area contributed by atoms with Gasteiger partial charge in [-0.3, -0.25) is 0 Å². The van der Waals surface area contributed by atoms with Gasteiger partial charge in [-0.1, -0.05) is 19.2 Å². The van der Waals surface area contributed by atoms with E-state index in [1.54, 1.807) is 25.1 Å². The number of esters is 2. The first-order valence-corrected chi connectivity index (χ1v) is 8.98. The van der Waals surface area contributed by atoms with Gasteiger partial charge in [0, 0.05) is 29.4 Å². The highest BCUT2D eigenvalue weighted by molar-refractivity contribution is 5.89. The van der Waals surface area contributed by atoms with Crippen LogP contribution in [0.1, 0.15) is 26.3 Å². The van der Waals surface area contributed by atoms with Crippen LogP contribution in [0.2, 0.25) is 0 Å². The zero-order chi connectivity index (χ0) is 21.6. The van der Waals surface area contributed by atoms with E-state index in [1.807, 2.05) is 6.92 Å². The Morgan fingerprint density at radius 2 is 1.41 bits per heavy atom. The van der Waals surface area contributed by atoms with Crippen molar-refractivity contribution in [2.24, 2.45) is 0 Å². The molecule has 0 radical (unpaired) electrons. The number of halogens is 1. The number of carbonyl (C=O) groups excluding carboxylic acids is 2. The molecule has 29 heavy (non-hydrogen) atoms. The number of hydrogen-bond acceptors (Lipinski definition) is 5. The van der Waals surface area contributed by atoms with Crippen LogP contribution in [0, 0.1) is 5.82 Å². The van der Waals surface area contributed by atoms with Crippen LogP contribution in [0.4, 0.5) is 4.39 Å². The molecule has 0 fully saturated rings. The van der Waals surface area contributed by atoms with Crippen LogP contribution in [0.5, 0.6) is 11.5 Å². The monoisotopic (exact) mass is 398 g/mol. The Bertz CT molecular complexity index is 962. The van der Waals surface area contributed by atoms with E-state index in [4.69, 9.17) is 14.2 Å². The zero-order valence-electron chi connectivity index (χ0n) is 16.7. The van der Waals surface area contributed by atoms with Crippen molar-refractivity contribution in [2.45, 2.75) is 27.4 Å². The average molecular weight is 398 g/mol. The zero-order valence-corrected chi connectivity index (χ0v) is 16.7. The molecule has 2 rings (SSSR count). The lowest BCUT2D eigenvalue weighted by molar-refractivity contribution is -0.130. The molecule has 0 bridgehead atoms. The average Bonchev–Trinajstić information content (AvgIpc) is 2.66. The molecule has 0 spiro atoms. The van der Waals surface area contributed by atoms with E-state index in [-0.39, 0.29) is 23.5 Å². The summed E-state index contributed by atoms with van der Waals surface area (Å²) in [6.07, 6.45) is 0. The Balaban J connectivity index is 2.38. The Kier molecular flexibility index (Phi) is 7.45. The van der Waals surface area contributed by atoms with Gasteiger partial charge >= 0.3 is 11.9 Å².